The minimum absolute atomic E-state index is 0.250. The van der Waals surface area contributed by atoms with Crippen LogP contribution in [0.3, 0.4) is 0 Å². The van der Waals surface area contributed by atoms with Gasteiger partial charge in [0, 0.05) is 31.7 Å². The number of nitrogens with one attached hydrogen (secondary N) is 1. The Balaban J connectivity index is 2.30. The maximum absolute atomic E-state index is 11.2. The Morgan fingerprint density at radius 2 is 1.70 bits per heavy atom. The summed E-state index contributed by atoms with van der Waals surface area (Å²) in [5.74, 6) is -0.766. The summed E-state index contributed by atoms with van der Waals surface area (Å²) in [6.07, 6.45) is 1.58. The summed E-state index contributed by atoms with van der Waals surface area (Å²) in [4.78, 5) is 16.2. The van der Waals surface area contributed by atoms with E-state index < -0.39 is 11.5 Å². The number of rotatable bonds is 6. The zero-order chi connectivity index (χ0) is 15.4. The zero-order valence-corrected chi connectivity index (χ0v) is 13.7. The van der Waals surface area contributed by atoms with Gasteiger partial charge < -0.3 is 15.3 Å². The van der Waals surface area contributed by atoms with Crippen LogP contribution in [0.1, 0.15) is 40.5 Å². The molecule has 1 unspecified atom stereocenters. The lowest BCUT2D eigenvalue weighted by atomic mass is 9.96. The Morgan fingerprint density at radius 1 is 1.15 bits per heavy atom. The molecule has 118 valence electrons. The topological polar surface area (TPSA) is 55.8 Å². The molecule has 0 radical (unpaired) electrons. The van der Waals surface area contributed by atoms with E-state index >= 15 is 0 Å². The third-order valence-corrected chi connectivity index (χ3v) is 4.50. The van der Waals surface area contributed by atoms with Gasteiger partial charge in [-0.3, -0.25) is 9.69 Å². The van der Waals surface area contributed by atoms with Crippen molar-refractivity contribution in [2.45, 2.75) is 51.6 Å². The maximum atomic E-state index is 11.2. The molecule has 1 aliphatic rings. The van der Waals surface area contributed by atoms with E-state index in [9.17, 15) is 9.90 Å². The number of carboxylic acids is 1. The molecule has 0 aliphatic carbocycles. The van der Waals surface area contributed by atoms with Crippen molar-refractivity contribution in [3.05, 3.63) is 0 Å². The number of nitrogens with zero attached hydrogens (tertiary/aromatic N) is 2. The minimum Gasteiger partial charge on any atom is -0.480 e. The molecule has 5 nitrogen and oxygen atoms in total. The van der Waals surface area contributed by atoms with Crippen LogP contribution in [0.5, 0.6) is 0 Å². The fourth-order valence-corrected chi connectivity index (χ4v) is 2.64. The highest BCUT2D eigenvalue weighted by Gasteiger charge is 2.31. The van der Waals surface area contributed by atoms with Gasteiger partial charge in [0.2, 0.25) is 0 Å². The number of likely N-dealkylation sites (N-methyl/N-ethyl adjacent to an activating group) is 1. The molecule has 0 aromatic rings. The van der Waals surface area contributed by atoms with Gasteiger partial charge in [0.1, 0.15) is 5.54 Å². The van der Waals surface area contributed by atoms with Gasteiger partial charge in [0.25, 0.3) is 0 Å². The first-order valence-corrected chi connectivity index (χ1v) is 7.59. The van der Waals surface area contributed by atoms with Crippen LogP contribution in [0, 0.1) is 0 Å². The van der Waals surface area contributed by atoms with Crippen LogP contribution in [0.15, 0.2) is 0 Å². The lowest BCUT2D eigenvalue weighted by Gasteiger charge is -2.42. The van der Waals surface area contributed by atoms with Gasteiger partial charge in [0.15, 0.2) is 0 Å². The summed E-state index contributed by atoms with van der Waals surface area (Å²) in [5, 5.41) is 12.1. The van der Waals surface area contributed by atoms with Crippen molar-refractivity contribution in [1.82, 2.24) is 15.1 Å². The molecular formula is C15H31N3O2. The van der Waals surface area contributed by atoms with Crippen molar-refractivity contribution in [2.24, 2.45) is 0 Å². The first kappa shape index (κ1) is 17.4. The summed E-state index contributed by atoms with van der Waals surface area (Å²) in [6, 6.07) is 0. The van der Waals surface area contributed by atoms with E-state index in [0.717, 1.165) is 39.1 Å². The van der Waals surface area contributed by atoms with Crippen molar-refractivity contribution in [3.8, 4) is 0 Å². The monoisotopic (exact) mass is 285 g/mol. The molecule has 1 atom stereocenters. The Morgan fingerprint density at radius 3 is 2.10 bits per heavy atom. The van der Waals surface area contributed by atoms with E-state index in [1.807, 2.05) is 0 Å². The second kappa shape index (κ2) is 6.87. The van der Waals surface area contributed by atoms with Crippen molar-refractivity contribution in [3.63, 3.8) is 0 Å². The number of hydrogen-bond acceptors (Lipinski definition) is 4. The molecule has 5 heteroatoms. The number of hydrogen-bond donors (Lipinski definition) is 2. The van der Waals surface area contributed by atoms with Gasteiger partial charge in [-0.2, -0.15) is 0 Å². The normalized spacial score (nSPS) is 21.6. The highest BCUT2D eigenvalue weighted by molar-refractivity contribution is 5.78. The summed E-state index contributed by atoms with van der Waals surface area (Å²) in [5.41, 5.74) is -0.548. The van der Waals surface area contributed by atoms with Crippen LogP contribution in [0.2, 0.25) is 0 Å². The van der Waals surface area contributed by atoms with Gasteiger partial charge in [-0.05, 0) is 54.1 Å². The number of piperazine rings is 1. The van der Waals surface area contributed by atoms with E-state index in [1.54, 1.807) is 14.0 Å². The molecular weight excluding hydrogens is 254 g/mol. The minimum atomic E-state index is -0.798. The molecule has 1 rings (SSSR count). The molecule has 20 heavy (non-hydrogen) atoms. The van der Waals surface area contributed by atoms with Crippen LogP contribution < -0.4 is 5.32 Å². The van der Waals surface area contributed by atoms with E-state index in [-0.39, 0.29) is 5.54 Å². The predicted molar refractivity (Wildman–Crippen MR) is 82.1 cm³/mol. The second-order valence-corrected chi connectivity index (χ2v) is 6.99. The summed E-state index contributed by atoms with van der Waals surface area (Å²) in [6.45, 7) is 13.9. The highest BCUT2D eigenvalue weighted by Crippen LogP contribution is 2.17. The highest BCUT2D eigenvalue weighted by atomic mass is 16.4. The van der Waals surface area contributed by atoms with Crippen LogP contribution in [0.4, 0.5) is 0 Å². The summed E-state index contributed by atoms with van der Waals surface area (Å²) in [7, 11) is 1.72. The number of carbonyl (C=O) groups is 1. The van der Waals surface area contributed by atoms with Gasteiger partial charge >= 0.3 is 5.97 Å². The largest absolute Gasteiger partial charge is 0.480 e. The van der Waals surface area contributed by atoms with Crippen LogP contribution >= 0.6 is 0 Å². The van der Waals surface area contributed by atoms with Gasteiger partial charge in [-0.1, -0.05) is 0 Å². The Labute approximate surface area is 123 Å². The first-order valence-electron chi connectivity index (χ1n) is 7.59. The smallest absolute Gasteiger partial charge is 0.323 e. The SMILES string of the molecule is CNC(C)(CCCN1CCN(C(C)(C)C)CC1)C(=O)O. The average Bonchev–Trinajstić information content (AvgIpc) is 2.37. The molecule has 0 spiro atoms. The van der Waals surface area contributed by atoms with E-state index in [1.165, 1.54) is 0 Å². The maximum Gasteiger partial charge on any atom is 0.323 e. The van der Waals surface area contributed by atoms with Gasteiger partial charge in [-0.15, -0.1) is 0 Å². The van der Waals surface area contributed by atoms with E-state index in [0.29, 0.717) is 6.42 Å². The molecule has 0 saturated carbocycles. The summed E-state index contributed by atoms with van der Waals surface area (Å²) < 4.78 is 0. The number of aliphatic carboxylic acids is 1. The van der Waals surface area contributed by atoms with Crippen molar-refractivity contribution in [2.75, 3.05) is 39.8 Å². The van der Waals surface area contributed by atoms with Crippen LogP contribution in [0.25, 0.3) is 0 Å². The van der Waals surface area contributed by atoms with Crippen molar-refractivity contribution < 1.29 is 9.90 Å². The molecule has 1 aliphatic heterocycles. The Kier molecular flexibility index (Phi) is 5.98. The zero-order valence-electron chi connectivity index (χ0n) is 13.7. The average molecular weight is 285 g/mol. The van der Waals surface area contributed by atoms with Gasteiger partial charge in [0.05, 0.1) is 0 Å². The summed E-state index contributed by atoms with van der Waals surface area (Å²) >= 11 is 0. The predicted octanol–water partition coefficient (Wildman–Crippen LogP) is 1.25. The quantitative estimate of drug-likeness (QED) is 0.769. The molecule has 0 aromatic heterocycles. The first-order chi connectivity index (χ1) is 9.19. The molecule has 1 saturated heterocycles. The van der Waals surface area contributed by atoms with Crippen LogP contribution in [-0.4, -0.2) is 71.7 Å². The van der Waals surface area contributed by atoms with Crippen molar-refractivity contribution >= 4 is 5.97 Å². The van der Waals surface area contributed by atoms with Crippen LogP contribution in [-0.2, 0) is 4.79 Å². The Hall–Kier alpha value is -0.650. The molecule has 1 heterocycles. The van der Waals surface area contributed by atoms with E-state index in [4.69, 9.17) is 0 Å². The molecule has 0 amide bonds. The van der Waals surface area contributed by atoms with Crippen molar-refractivity contribution in [1.29, 1.82) is 0 Å². The lowest BCUT2D eigenvalue weighted by molar-refractivity contribution is -0.144. The fraction of sp³-hybridized carbons (Fsp3) is 0.933. The molecule has 0 aromatic carbocycles. The molecule has 2 N–H and O–H groups in total. The standard InChI is InChI=1S/C15H31N3O2/c1-14(2,3)18-11-9-17(10-12-18)8-6-7-15(4,16-5)13(19)20/h16H,6-12H2,1-5H3,(H,19,20). The fourth-order valence-electron chi connectivity index (χ4n) is 2.64. The number of carboxylic acid groups (broad SMARTS) is 1. The third-order valence-electron chi connectivity index (χ3n) is 4.50. The third kappa shape index (κ3) is 4.72. The van der Waals surface area contributed by atoms with E-state index in [2.05, 4.69) is 35.9 Å². The van der Waals surface area contributed by atoms with Gasteiger partial charge in [-0.25, -0.2) is 0 Å². The molecule has 1 fully saturated rings. The Bertz CT molecular complexity index is 320. The molecule has 0 bridgehead atoms. The second-order valence-electron chi connectivity index (χ2n) is 6.99. The lowest BCUT2D eigenvalue weighted by Crippen LogP contribution is -2.53.